The number of hydrogen-bond donors (Lipinski definition) is 0. The predicted octanol–water partition coefficient (Wildman–Crippen LogP) is 5.93. The van der Waals surface area contributed by atoms with Crippen molar-refractivity contribution in [2.24, 2.45) is 0 Å². The Kier molecular flexibility index (Phi) is 16.4. The zero-order valence-corrected chi connectivity index (χ0v) is 34.5. The summed E-state index contributed by atoms with van der Waals surface area (Å²) in [5.74, 6) is 3.80. The molecule has 0 aliphatic carbocycles. The highest BCUT2D eigenvalue weighted by Gasteiger charge is 2.35. The van der Waals surface area contributed by atoms with Crippen LogP contribution in [0.15, 0.2) is 97.6 Å². The molecule has 2 aliphatic rings. The molecule has 2 aliphatic heterocycles. The zero-order chi connectivity index (χ0) is 42.0. The Morgan fingerprint density at radius 1 is 0.610 bits per heavy atom. The number of likely N-dealkylation sites (tertiary alicyclic amines) is 1. The number of rotatable bonds is 14. The molecule has 0 saturated carbocycles. The van der Waals surface area contributed by atoms with Crippen LogP contribution >= 0.6 is 0 Å². The molecular formula is C44H55N5O10. The van der Waals surface area contributed by atoms with Crippen molar-refractivity contribution in [3.8, 4) is 34.5 Å². The molecule has 2 aromatic carbocycles. The monoisotopic (exact) mass is 813 g/mol. The first-order chi connectivity index (χ1) is 28.5. The van der Waals surface area contributed by atoms with Gasteiger partial charge in [0.2, 0.25) is 0 Å². The molecule has 2 atom stereocenters. The van der Waals surface area contributed by atoms with Gasteiger partial charge in [0.1, 0.15) is 53.3 Å². The highest BCUT2D eigenvalue weighted by atomic mass is 16.6. The van der Waals surface area contributed by atoms with E-state index in [1.807, 2.05) is 49.9 Å². The average molecular weight is 814 g/mol. The van der Waals surface area contributed by atoms with E-state index in [4.69, 9.17) is 33.2 Å². The standard InChI is InChI=1S/C24H31N3O6.C20H24N2O4/c1-24(2,3)33-23(29)26-12-13-27(18(15-26)16-31-21-6-5-11-25-14-21)22(28)17-32-20-9-7-19(30-4)8-10-20;1-24-17-7-9-18(10-8-17)26-15-20(23)22-12-3-2-5-16(22)14-25-19-6-4-11-21-13-19/h5-11,14,18H,12-13,15-17H2,1-4H3;4,6-11,13,16H,2-3,5,12,14-15H2,1H3. The van der Waals surface area contributed by atoms with E-state index in [-0.39, 0.29) is 43.7 Å². The van der Waals surface area contributed by atoms with Crippen LogP contribution in [0.4, 0.5) is 4.79 Å². The third kappa shape index (κ3) is 14.3. The van der Waals surface area contributed by atoms with Crippen molar-refractivity contribution < 1.29 is 47.5 Å². The highest BCUT2D eigenvalue weighted by Crippen LogP contribution is 2.22. The van der Waals surface area contributed by atoms with Crippen LogP contribution in [0.1, 0.15) is 40.0 Å². The van der Waals surface area contributed by atoms with Crippen molar-refractivity contribution in [1.82, 2.24) is 24.7 Å². The summed E-state index contributed by atoms with van der Waals surface area (Å²) in [7, 11) is 3.20. The first-order valence-electron chi connectivity index (χ1n) is 19.7. The minimum absolute atomic E-state index is 0.0136. The van der Waals surface area contributed by atoms with Gasteiger partial charge in [-0.2, -0.15) is 0 Å². The Labute approximate surface area is 346 Å². The lowest BCUT2D eigenvalue weighted by molar-refractivity contribution is -0.139. The Hall–Kier alpha value is -6.25. The Bertz CT molecular complexity index is 1880. The van der Waals surface area contributed by atoms with Crippen molar-refractivity contribution in [1.29, 1.82) is 0 Å². The molecule has 4 aromatic rings. The Morgan fingerprint density at radius 2 is 1.10 bits per heavy atom. The van der Waals surface area contributed by atoms with Crippen molar-refractivity contribution >= 4 is 17.9 Å². The second-order valence-corrected chi connectivity index (χ2v) is 14.8. The molecule has 4 heterocycles. The van der Waals surface area contributed by atoms with Gasteiger partial charge in [-0.1, -0.05) is 0 Å². The number of aromatic nitrogens is 2. The number of methoxy groups -OCH3 is 2. The average Bonchev–Trinajstić information content (AvgIpc) is 3.26. The highest BCUT2D eigenvalue weighted by molar-refractivity contribution is 5.79. The molecular weight excluding hydrogens is 759 g/mol. The fourth-order valence-corrected chi connectivity index (χ4v) is 6.37. The summed E-state index contributed by atoms with van der Waals surface area (Å²) in [4.78, 5) is 51.5. The number of amides is 3. The molecule has 59 heavy (non-hydrogen) atoms. The number of ether oxygens (including phenoxy) is 7. The van der Waals surface area contributed by atoms with E-state index in [0.29, 0.717) is 49.2 Å². The van der Waals surface area contributed by atoms with E-state index in [0.717, 1.165) is 37.3 Å². The maximum Gasteiger partial charge on any atom is 0.410 e. The number of pyridine rings is 2. The molecule has 15 heteroatoms. The van der Waals surface area contributed by atoms with Crippen LogP contribution in [0, 0.1) is 0 Å². The molecule has 0 N–H and O–H groups in total. The lowest BCUT2D eigenvalue weighted by atomic mass is 10.0. The van der Waals surface area contributed by atoms with Crippen LogP contribution in [0.25, 0.3) is 0 Å². The van der Waals surface area contributed by atoms with Crippen molar-refractivity contribution in [3.05, 3.63) is 97.6 Å². The van der Waals surface area contributed by atoms with Crippen molar-refractivity contribution in [3.63, 3.8) is 0 Å². The number of carbonyl (C=O) groups excluding carboxylic acids is 3. The molecule has 316 valence electrons. The fraction of sp³-hybridized carbons (Fsp3) is 0.432. The summed E-state index contributed by atoms with van der Waals surface area (Å²) in [5, 5.41) is 0. The van der Waals surface area contributed by atoms with E-state index >= 15 is 0 Å². The molecule has 15 nitrogen and oxygen atoms in total. The van der Waals surface area contributed by atoms with Gasteiger partial charge in [0.05, 0.1) is 38.7 Å². The normalized spacial score (nSPS) is 16.5. The molecule has 2 unspecified atom stereocenters. The quantitative estimate of drug-likeness (QED) is 0.149. The summed E-state index contributed by atoms with van der Waals surface area (Å²) in [6, 6.07) is 21.2. The number of piperazine rings is 1. The van der Waals surface area contributed by atoms with Crippen LogP contribution in [0.5, 0.6) is 34.5 Å². The van der Waals surface area contributed by atoms with E-state index in [1.54, 1.807) is 97.3 Å². The summed E-state index contributed by atoms with van der Waals surface area (Å²) >= 11 is 0. The number of hydrogen-bond acceptors (Lipinski definition) is 12. The molecule has 0 spiro atoms. The van der Waals surface area contributed by atoms with Gasteiger partial charge in [0.15, 0.2) is 13.2 Å². The summed E-state index contributed by atoms with van der Waals surface area (Å²) in [5.41, 5.74) is -0.599. The Morgan fingerprint density at radius 3 is 1.58 bits per heavy atom. The number of benzene rings is 2. The SMILES string of the molecule is COc1ccc(OCC(=O)N2CCCCC2COc2cccnc2)cc1.COc1ccc(OCC(=O)N2CCN(C(=O)OC(C)(C)C)CC2COc2cccnc2)cc1. The van der Waals surface area contributed by atoms with Gasteiger partial charge in [-0.05, 0) is 113 Å². The molecule has 2 aromatic heterocycles. The van der Waals surface area contributed by atoms with Gasteiger partial charge in [0.25, 0.3) is 11.8 Å². The molecule has 6 rings (SSSR count). The minimum atomic E-state index is -0.599. The van der Waals surface area contributed by atoms with Crippen LogP contribution in [-0.2, 0) is 14.3 Å². The van der Waals surface area contributed by atoms with Crippen LogP contribution in [0.2, 0.25) is 0 Å². The van der Waals surface area contributed by atoms with Crippen LogP contribution in [-0.4, -0.2) is 127 Å². The van der Waals surface area contributed by atoms with E-state index in [2.05, 4.69) is 9.97 Å². The third-order valence-electron chi connectivity index (χ3n) is 9.40. The summed E-state index contributed by atoms with van der Waals surface area (Å²) < 4.78 is 38.7. The van der Waals surface area contributed by atoms with Gasteiger partial charge in [0, 0.05) is 38.6 Å². The Balaban J connectivity index is 0.000000230. The van der Waals surface area contributed by atoms with Gasteiger partial charge in [-0.3, -0.25) is 19.6 Å². The van der Waals surface area contributed by atoms with Gasteiger partial charge in [-0.15, -0.1) is 0 Å². The molecule has 3 amide bonds. The zero-order valence-electron chi connectivity index (χ0n) is 34.5. The van der Waals surface area contributed by atoms with Gasteiger partial charge >= 0.3 is 6.09 Å². The summed E-state index contributed by atoms with van der Waals surface area (Å²) in [6.07, 6.45) is 9.30. The third-order valence-corrected chi connectivity index (χ3v) is 9.40. The molecule has 0 radical (unpaired) electrons. The number of carbonyl (C=O) groups is 3. The topological polar surface area (TPSA) is 151 Å². The molecule has 2 fully saturated rings. The van der Waals surface area contributed by atoms with Crippen LogP contribution < -0.4 is 28.4 Å². The second-order valence-electron chi connectivity index (χ2n) is 14.8. The first kappa shape index (κ1) is 43.9. The minimum Gasteiger partial charge on any atom is -0.497 e. The van der Waals surface area contributed by atoms with E-state index in [9.17, 15) is 14.4 Å². The fourth-order valence-electron chi connectivity index (χ4n) is 6.37. The summed E-state index contributed by atoms with van der Waals surface area (Å²) in [6.45, 7) is 7.81. The van der Waals surface area contributed by atoms with E-state index in [1.165, 1.54) is 0 Å². The van der Waals surface area contributed by atoms with Crippen molar-refractivity contribution in [2.75, 3.05) is 66.8 Å². The molecule has 0 bridgehead atoms. The maximum absolute atomic E-state index is 13.0. The number of piperidine rings is 1. The van der Waals surface area contributed by atoms with Gasteiger partial charge < -0.3 is 47.9 Å². The lowest BCUT2D eigenvalue weighted by Crippen LogP contribution is -2.59. The lowest BCUT2D eigenvalue weighted by Gasteiger charge is -2.41. The largest absolute Gasteiger partial charge is 0.497 e. The second kappa shape index (κ2) is 22.0. The number of nitrogens with zero attached hydrogens (tertiary/aromatic N) is 5. The smallest absolute Gasteiger partial charge is 0.410 e. The van der Waals surface area contributed by atoms with Crippen LogP contribution in [0.3, 0.4) is 0 Å². The van der Waals surface area contributed by atoms with Crippen molar-refractivity contribution in [2.45, 2.75) is 57.7 Å². The van der Waals surface area contributed by atoms with Gasteiger partial charge in [-0.25, -0.2) is 4.79 Å². The maximum atomic E-state index is 13.0. The predicted molar refractivity (Wildman–Crippen MR) is 219 cm³/mol. The first-order valence-corrected chi connectivity index (χ1v) is 19.7. The van der Waals surface area contributed by atoms with E-state index < -0.39 is 11.7 Å². The molecule has 2 saturated heterocycles.